The molecule has 0 unspecified atom stereocenters. The van der Waals surface area contributed by atoms with Crippen molar-refractivity contribution < 1.29 is 19.8 Å². The van der Waals surface area contributed by atoms with Gasteiger partial charge in [0.05, 0.1) is 6.10 Å². The number of carboxylic acids is 1. The van der Waals surface area contributed by atoms with Gasteiger partial charge in [-0.05, 0) is 42.9 Å². The van der Waals surface area contributed by atoms with Crippen LogP contribution in [-0.4, -0.2) is 28.1 Å². The van der Waals surface area contributed by atoms with Crippen LogP contribution >= 0.6 is 0 Å². The lowest BCUT2D eigenvalue weighted by Crippen LogP contribution is -2.18. The van der Waals surface area contributed by atoms with Crippen molar-refractivity contribution in [1.82, 2.24) is 0 Å². The Hall–Kier alpha value is -2.20. The lowest BCUT2D eigenvalue weighted by atomic mass is 9.85. The number of allylic oxidation sites excluding steroid dienone is 3. The number of carboxylic acid groups (broad SMARTS) is 1. The summed E-state index contributed by atoms with van der Waals surface area (Å²) in [6.07, 6.45) is 13.0. The third-order valence-electron chi connectivity index (χ3n) is 5.37. The summed E-state index contributed by atoms with van der Waals surface area (Å²) < 4.78 is 0. The zero-order valence-corrected chi connectivity index (χ0v) is 16.7. The summed E-state index contributed by atoms with van der Waals surface area (Å²) in [5.74, 6) is -0.814. The summed E-state index contributed by atoms with van der Waals surface area (Å²) in [7, 11) is 0. The van der Waals surface area contributed by atoms with E-state index >= 15 is 0 Å². The van der Waals surface area contributed by atoms with Crippen LogP contribution in [0.2, 0.25) is 0 Å². The lowest BCUT2D eigenvalue weighted by molar-refractivity contribution is -0.137. The molecule has 0 amide bonds. The summed E-state index contributed by atoms with van der Waals surface area (Å²) in [5.41, 5.74) is 2.22. The van der Waals surface area contributed by atoms with Crippen LogP contribution in [0.15, 0.2) is 48.6 Å². The van der Waals surface area contributed by atoms with Gasteiger partial charge in [0.2, 0.25) is 0 Å². The van der Waals surface area contributed by atoms with Crippen molar-refractivity contribution in [3.05, 3.63) is 59.7 Å². The first-order chi connectivity index (χ1) is 13.5. The van der Waals surface area contributed by atoms with Crippen LogP contribution in [0, 0.1) is 11.8 Å². The van der Waals surface area contributed by atoms with E-state index in [4.69, 9.17) is 5.11 Å². The fourth-order valence-corrected chi connectivity index (χ4v) is 3.71. The molecule has 152 valence electrons. The first kappa shape index (κ1) is 22.1. The Morgan fingerprint density at radius 2 is 1.93 bits per heavy atom. The second kappa shape index (κ2) is 11.6. The fraction of sp³-hybridized carbons (Fsp3) is 0.500. The van der Waals surface area contributed by atoms with Crippen LogP contribution < -0.4 is 0 Å². The van der Waals surface area contributed by atoms with Gasteiger partial charge in [0.15, 0.2) is 5.78 Å². The van der Waals surface area contributed by atoms with Gasteiger partial charge in [0.25, 0.3) is 0 Å². The van der Waals surface area contributed by atoms with Gasteiger partial charge in [0.1, 0.15) is 0 Å². The molecule has 0 radical (unpaired) electrons. The number of aliphatic hydroxyl groups excluding tert-OH is 1. The number of carbonyl (C=O) groups is 2. The number of unbranched alkanes of at least 4 members (excludes halogenated alkanes) is 2. The number of carbonyl (C=O) groups excluding carboxylic acids is 1. The quantitative estimate of drug-likeness (QED) is 0.411. The minimum absolute atomic E-state index is 0.000371. The van der Waals surface area contributed by atoms with Gasteiger partial charge >= 0.3 is 5.97 Å². The van der Waals surface area contributed by atoms with Crippen LogP contribution in [0.1, 0.15) is 56.6 Å². The zero-order chi connectivity index (χ0) is 20.4. The van der Waals surface area contributed by atoms with E-state index in [1.54, 1.807) is 6.08 Å². The Bertz CT molecular complexity index is 704. The standard InChI is InChI=1S/C24H32O4/c1-2-3-4-11-21(25)15-13-19-14-16-23(26)22(19)17-20-9-6-5-8-18(20)10-7-12-24(27)28/h5-6,8-9,13-16,19,21-22,25H,2-4,7,10-12,17H2,1H3,(H,27,28)/b15-13+/t19-,21+,22-/m1/s1. The Morgan fingerprint density at radius 3 is 2.64 bits per heavy atom. The van der Waals surface area contributed by atoms with Gasteiger partial charge in [0, 0.05) is 18.3 Å². The van der Waals surface area contributed by atoms with Crippen molar-refractivity contribution in [3.63, 3.8) is 0 Å². The summed E-state index contributed by atoms with van der Waals surface area (Å²) in [6, 6.07) is 7.97. The molecule has 0 saturated carbocycles. The Kier molecular flexibility index (Phi) is 9.15. The number of ketones is 1. The largest absolute Gasteiger partial charge is 0.481 e. The summed E-state index contributed by atoms with van der Waals surface area (Å²) in [4.78, 5) is 23.2. The topological polar surface area (TPSA) is 74.6 Å². The third kappa shape index (κ3) is 7.08. The second-order valence-corrected chi connectivity index (χ2v) is 7.61. The van der Waals surface area contributed by atoms with E-state index in [-0.39, 0.29) is 24.0 Å². The van der Waals surface area contributed by atoms with Gasteiger partial charge in [-0.3, -0.25) is 9.59 Å². The molecule has 0 saturated heterocycles. The van der Waals surface area contributed by atoms with Crippen molar-refractivity contribution in [2.24, 2.45) is 11.8 Å². The van der Waals surface area contributed by atoms with Crippen molar-refractivity contribution in [1.29, 1.82) is 0 Å². The molecule has 4 nitrogen and oxygen atoms in total. The maximum Gasteiger partial charge on any atom is 0.303 e. The molecule has 1 aliphatic rings. The average molecular weight is 385 g/mol. The number of hydrogen-bond donors (Lipinski definition) is 2. The predicted octanol–water partition coefficient (Wildman–Crippen LogP) is 4.51. The number of rotatable bonds is 12. The van der Waals surface area contributed by atoms with Crippen LogP contribution in [0.25, 0.3) is 0 Å². The summed E-state index contributed by atoms with van der Waals surface area (Å²) in [6.45, 7) is 2.14. The Balaban J connectivity index is 1.99. The summed E-state index contributed by atoms with van der Waals surface area (Å²) >= 11 is 0. The SMILES string of the molecule is CCCCC[C@H](O)/C=C/[C@@H]1C=CC(=O)[C@@H]1Cc1ccccc1CCCC(=O)O. The van der Waals surface area contributed by atoms with E-state index in [1.807, 2.05) is 42.5 Å². The average Bonchev–Trinajstić information content (AvgIpc) is 3.01. The van der Waals surface area contributed by atoms with Crippen LogP contribution in [0.5, 0.6) is 0 Å². The predicted molar refractivity (Wildman–Crippen MR) is 111 cm³/mol. The van der Waals surface area contributed by atoms with Crippen molar-refractivity contribution in [3.8, 4) is 0 Å². The molecule has 0 aromatic heterocycles. The molecule has 2 rings (SSSR count). The van der Waals surface area contributed by atoms with Crippen LogP contribution in [0.4, 0.5) is 0 Å². The number of aliphatic hydroxyl groups is 1. The first-order valence-corrected chi connectivity index (χ1v) is 10.4. The van der Waals surface area contributed by atoms with E-state index in [2.05, 4.69) is 6.92 Å². The molecule has 0 heterocycles. The van der Waals surface area contributed by atoms with Gasteiger partial charge in [-0.2, -0.15) is 0 Å². The van der Waals surface area contributed by atoms with Gasteiger partial charge < -0.3 is 10.2 Å². The highest BCUT2D eigenvalue weighted by atomic mass is 16.4. The Labute approximate surface area is 168 Å². The third-order valence-corrected chi connectivity index (χ3v) is 5.37. The normalized spacial score (nSPS) is 20.1. The van der Waals surface area contributed by atoms with Crippen molar-refractivity contribution >= 4 is 11.8 Å². The highest BCUT2D eigenvalue weighted by molar-refractivity contribution is 5.95. The molecular formula is C24H32O4. The second-order valence-electron chi connectivity index (χ2n) is 7.61. The molecule has 0 bridgehead atoms. The molecule has 3 atom stereocenters. The van der Waals surface area contributed by atoms with Crippen molar-refractivity contribution in [2.75, 3.05) is 0 Å². The molecule has 0 spiro atoms. The molecule has 0 aliphatic heterocycles. The number of aryl methyl sites for hydroxylation is 1. The van der Waals surface area contributed by atoms with Gasteiger partial charge in [-0.15, -0.1) is 0 Å². The van der Waals surface area contributed by atoms with Gasteiger partial charge in [-0.1, -0.05) is 68.7 Å². The number of aliphatic carboxylic acids is 1. The highest BCUT2D eigenvalue weighted by Crippen LogP contribution is 2.29. The number of benzene rings is 1. The fourth-order valence-electron chi connectivity index (χ4n) is 3.71. The van der Waals surface area contributed by atoms with Crippen molar-refractivity contribution in [2.45, 2.75) is 64.4 Å². The molecule has 4 heteroatoms. The molecule has 1 aliphatic carbocycles. The van der Waals surface area contributed by atoms with E-state index in [0.29, 0.717) is 19.3 Å². The monoisotopic (exact) mass is 384 g/mol. The minimum atomic E-state index is -0.782. The summed E-state index contributed by atoms with van der Waals surface area (Å²) in [5, 5.41) is 19.0. The minimum Gasteiger partial charge on any atom is -0.481 e. The van der Waals surface area contributed by atoms with E-state index < -0.39 is 12.1 Å². The smallest absolute Gasteiger partial charge is 0.303 e. The van der Waals surface area contributed by atoms with E-state index in [1.165, 1.54) is 0 Å². The molecule has 28 heavy (non-hydrogen) atoms. The molecule has 2 N–H and O–H groups in total. The number of hydrogen-bond acceptors (Lipinski definition) is 3. The molecule has 0 fully saturated rings. The highest BCUT2D eigenvalue weighted by Gasteiger charge is 2.29. The maximum atomic E-state index is 12.4. The van der Waals surface area contributed by atoms with Gasteiger partial charge in [-0.25, -0.2) is 0 Å². The van der Waals surface area contributed by atoms with E-state index in [9.17, 15) is 14.7 Å². The van der Waals surface area contributed by atoms with Crippen LogP contribution in [-0.2, 0) is 22.4 Å². The van der Waals surface area contributed by atoms with Crippen LogP contribution in [0.3, 0.4) is 0 Å². The Morgan fingerprint density at radius 1 is 1.18 bits per heavy atom. The maximum absolute atomic E-state index is 12.4. The zero-order valence-electron chi connectivity index (χ0n) is 16.7. The first-order valence-electron chi connectivity index (χ1n) is 10.4. The molecule has 1 aromatic rings. The lowest BCUT2D eigenvalue weighted by Gasteiger charge is -2.18. The molecular weight excluding hydrogens is 352 g/mol. The molecule has 1 aromatic carbocycles. The van der Waals surface area contributed by atoms with E-state index in [0.717, 1.165) is 36.8 Å².